The predicted molar refractivity (Wildman–Crippen MR) is 108 cm³/mol. The molecule has 0 unspecified atom stereocenters. The Morgan fingerprint density at radius 3 is 2.68 bits per heavy atom. The van der Waals surface area contributed by atoms with Gasteiger partial charge in [-0.25, -0.2) is 4.39 Å². The van der Waals surface area contributed by atoms with Crippen molar-refractivity contribution in [1.29, 1.82) is 0 Å². The van der Waals surface area contributed by atoms with E-state index in [9.17, 15) is 9.18 Å². The summed E-state index contributed by atoms with van der Waals surface area (Å²) in [7, 11) is 0. The highest BCUT2D eigenvalue weighted by atomic mass is 19.1. The maximum absolute atomic E-state index is 13.4. The molecule has 0 radical (unpaired) electrons. The molecule has 3 heterocycles. The Labute approximate surface area is 166 Å². The van der Waals surface area contributed by atoms with Crippen LogP contribution in [0.3, 0.4) is 0 Å². The molecule has 150 valence electrons. The highest BCUT2D eigenvalue weighted by Gasteiger charge is 2.48. The van der Waals surface area contributed by atoms with Crippen LogP contribution < -0.4 is 4.90 Å². The first-order valence-corrected chi connectivity index (χ1v) is 10.2. The second-order valence-electron chi connectivity index (χ2n) is 8.79. The number of fused-ring (bicyclic) bond motifs is 1. The van der Waals surface area contributed by atoms with E-state index in [1.54, 1.807) is 0 Å². The van der Waals surface area contributed by atoms with Gasteiger partial charge in [0.05, 0.1) is 5.69 Å². The summed E-state index contributed by atoms with van der Waals surface area (Å²) in [6.45, 7) is 8.68. The Kier molecular flexibility index (Phi) is 4.89. The van der Waals surface area contributed by atoms with Gasteiger partial charge in [0.1, 0.15) is 5.82 Å². The van der Waals surface area contributed by atoms with Crippen LogP contribution in [0.25, 0.3) is 0 Å². The second kappa shape index (κ2) is 7.22. The third kappa shape index (κ3) is 3.64. The maximum atomic E-state index is 13.4. The molecule has 0 aliphatic carbocycles. The zero-order valence-corrected chi connectivity index (χ0v) is 16.9. The van der Waals surface area contributed by atoms with E-state index >= 15 is 0 Å². The number of aryl methyl sites for hydroxylation is 2. The van der Waals surface area contributed by atoms with Gasteiger partial charge in [0.2, 0.25) is 5.91 Å². The van der Waals surface area contributed by atoms with Gasteiger partial charge in [-0.3, -0.25) is 9.48 Å². The lowest BCUT2D eigenvalue weighted by atomic mass is 9.89. The molecule has 1 aromatic carbocycles. The van der Waals surface area contributed by atoms with Gasteiger partial charge in [-0.2, -0.15) is 5.10 Å². The Morgan fingerprint density at radius 2 is 2.00 bits per heavy atom. The van der Waals surface area contributed by atoms with Crippen molar-refractivity contribution in [2.24, 2.45) is 5.92 Å². The quantitative estimate of drug-likeness (QED) is 0.808. The molecule has 2 saturated heterocycles. The fourth-order valence-corrected chi connectivity index (χ4v) is 5.07. The van der Waals surface area contributed by atoms with Crippen molar-refractivity contribution in [3.05, 3.63) is 48.0 Å². The number of amides is 1. The van der Waals surface area contributed by atoms with E-state index in [2.05, 4.69) is 23.8 Å². The van der Waals surface area contributed by atoms with E-state index in [-0.39, 0.29) is 17.3 Å². The molecule has 2 atom stereocenters. The first-order chi connectivity index (χ1) is 13.3. The highest BCUT2D eigenvalue weighted by molar-refractivity contribution is 5.76. The minimum Gasteiger partial charge on any atom is -0.363 e. The third-order valence-electron chi connectivity index (χ3n) is 6.23. The number of carbonyl (C=O) groups excluding carboxylic acids is 1. The highest BCUT2D eigenvalue weighted by Crippen LogP contribution is 2.44. The Bertz CT molecular complexity index is 844. The number of carbonyl (C=O) groups is 1. The number of nitrogens with zero attached hydrogens (tertiary/aromatic N) is 4. The van der Waals surface area contributed by atoms with Crippen LogP contribution in [-0.2, 0) is 11.3 Å². The molecule has 0 N–H and O–H groups in total. The van der Waals surface area contributed by atoms with Crippen molar-refractivity contribution in [3.63, 3.8) is 0 Å². The molecule has 5 nitrogen and oxygen atoms in total. The number of piperidine rings is 1. The Hall–Kier alpha value is -2.37. The van der Waals surface area contributed by atoms with Crippen molar-refractivity contribution in [3.8, 4) is 0 Å². The van der Waals surface area contributed by atoms with Crippen LogP contribution in [0.4, 0.5) is 10.1 Å². The van der Waals surface area contributed by atoms with Crippen LogP contribution in [0.15, 0.2) is 36.5 Å². The van der Waals surface area contributed by atoms with E-state index < -0.39 is 0 Å². The molecule has 4 rings (SSSR count). The van der Waals surface area contributed by atoms with Crippen LogP contribution in [-0.4, -0.2) is 45.3 Å². The molecule has 28 heavy (non-hydrogen) atoms. The lowest BCUT2D eigenvalue weighted by Gasteiger charge is -2.42. The fraction of sp³-hybridized carbons (Fsp3) is 0.545. The molecule has 2 fully saturated rings. The van der Waals surface area contributed by atoms with E-state index in [1.165, 1.54) is 12.1 Å². The molecular weight excluding hydrogens is 355 g/mol. The average Bonchev–Trinajstić information content (AvgIpc) is 3.18. The van der Waals surface area contributed by atoms with E-state index in [0.717, 1.165) is 37.3 Å². The summed E-state index contributed by atoms with van der Waals surface area (Å²) in [5, 5.41) is 4.36. The molecule has 0 saturated carbocycles. The number of aromatic nitrogens is 2. The molecular formula is C22H29FN4O. The van der Waals surface area contributed by atoms with Gasteiger partial charge in [-0.05, 0) is 69.9 Å². The lowest BCUT2D eigenvalue weighted by molar-refractivity contribution is -0.133. The molecule has 0 spiro atoms. The summed E-state index contributed by atoms with van der Waals surface area (Å²) >= 11 is 0. The first kappa shape index (κ1) is 19.0. The van der Waals surface area contributed by atoms with Gasteiger partial charge in [-0.15, -0.1) is 0 Å². The largest absolute Gasteiger partial charge is 0.363 e. The standard InChI is InChI=1S/C22H29FN4O/c1-16-8-12-26(24-16)13-10-21(28)25-11-9-20-17(15-25)14-22(2,3)27(20)19-6-4-18(23)5-7-19/h4-8,12,17,20H,9-11,13-15H2,1-3H3/t17-,20+/m1/s1. The Morgan fingerprint density at radius 1 is 1.25 bits per heavy atom. The number of benzene rings is 1. The molecule has 1 amide bonds. The Balaban J connectivity index is 1.41. The number of rotatable bonds is 4. The summed E-state index contributed by atoms with van der Waals surface area (Å²) in [6.07, 6.45) is 4.41. The molecule has 6 heteroatoms. The smallest absolute Gasteiger partial charge is 0.224 e. The summed E-state index contributed by atoms with van der Waals surface area (Å²) in [4.78, 5) is 17.2. The van der Waals surface area contributed by atoms with E-state index in [4.69, 9.17) is 0 Å². The summed E-state index contributed by atoms with van der Waals surface area (Å²) in [5.74, 6) is 0.458. The number of halogens is 1. The van der Waals surface area contributed by atoms with E-state index in [1.807, 2.05) is 40.9 Å². The second-order valence-corrected chi connectivity index (χ2v) is 8.79. The molecule has 2 aliphatic rings. The van der Waals surface area contributed by atoms with Gasteiger partial charge in [0.25, 0.3) is 0 Å². The van der Waals surface area contributed by atoms with Crippen molar-refractivity contribution >= 4 is 11.6 Å². The fourth-order valence-electron chi connectivity index (χ4n) is 5.07. The zero-order chi connectivity index (χ0) is 19.9. The van der Waals surface area contributed by atoms with Crippen molar-refractivity contribution in [2.75, 3.05) is 18.0 Å². The maximum Gasteiger partial charge on any atom is 0.224 e. The monoisotopic (exact) mass is 384 g/mol. The minimum absolute atomic E-state index is 0.00118. The van der Waals surface area contributed by atoms with Crippen molar-refractivity contribution in [1.82, 2.24) is 14.7 Å². The van der Waals surface area contributed by atoms with Crippen LogP contribution in [0.1, 0.15) is 38.8 Å². The van der Waals surface area contributed by atoms with Gasteiger partial charge in [0.15, 0.2) is 0 Å². The number of anilines is 1. The number of likely N-dealkylation sites (tertiary alicyclic amines) is 1. The molecule has 2 aromatic rings. The minimum atomic E-state index is -0.204. The molecule has 2 aliphatic heterocycles. The predicted octanol–water partition coefficient (Wildman–Crippen LogP) is 3.63. The van der Waals surface area contributed by atoms with Gasteiger partial charge in [0, 0.05) is 49.5 Å². The van der Waals surface area contributed by atoms with E-state index in [0.29, 0.717) is 24.9 Å². The van der Waals surface area contributed by atoms with Crippen LogP contribution >= 0.6 is 0 Å². The zero-order valence-electron chi connectivity index (χ0n) is 16.9. The molecule has 0 bridgehead atoms. The number of hydrogen-bond acceptors (Lipinski definition) is 3. The normalized spacial score (nSPS) is 23.7. The summed E-state index contributed by atoms with van der Waals surface area (Å²) in [5.41, 5.74) is 2.05. The topological polar surface area (TPSA) is 41.4 Å². The van der Waals surface area contributed by atoms with Gasteiger partial charge in [-0.1, -0.05) is 0 Å². The van der Waals surface area contributed by atoms with Crippen LogP contribution in [0, 0.1) is 18.7 Å². The molecule has 1 aromatic heterocycles. The third-order valence-corrected chi connectivity index (χ3v) is 6.23. The van der Waals surface area contributed by atoms with Gasteiger partial charge >= 0.3 is 0 Å². The van der Waals surface area contributed by atoms with Crippen molar-refractivity contribution < 1.29 is 9.18 Å². The summed E-state index contributed by atoms with van der Waals surface area (Å²) in [6, 6.07) is 9.19. The van der Waals surface area contributed by atoms with Gasteiger partial charge < -0.3 is 9.80 Å². The van der Waals surface area contributed by atoms with Crippen molar-refractivity contribution in [2.45, 2.75) is 58.2 Å². The lowest BCUT2D eigenvalue weighted by Crippen LogP contribution is -2.50. The van der Waals surface area contributed by atoms with Crippen LogP contribution in [0.2, 0.25) is 0 Å². The number of hydrogen-bond donors (Lipinski definition) is 0. The SMILES string of the molecule is Cc1ccn(CCC(=O)N2CC[C@H]3[C@@H](C2)CC(C)(C)N3c2ccc(F)cc2)n1. The first-order valence-electron chi connectivity index (χ1n) is 10.2. The average molecular weight is 384 g/mol. The summed E-state index contributed by atoms with van der Waals surface area (Å²) < 4.78 is 15.2. The van der Waals surface area contributed by atoms with Crippen LogP contribution in [0.5, 0.6) is 0 Å².